The monoisotopic (exact) mass is 674 g/mol. The first kappa shape index (κ1) is 27.9. The molecule has 3 nitrogen and oxygen atoms in total. The van der Waals surface area contributed by atoms with E-state index in [-0.39, 0.29) is 0 Å². The zero-order valence-electron chi connectivity index (χ0n) is 26.6. The van der Waals surface area contributed by atoms with E-state index in [1.54, 1.807) is 0 Å². The van der Waals surface area contributed by atoms with Crippen LogP contribution in [0, 0.1) is 0 Å². The van der Waals surface area contributed by atoms with Crippen molar-refractivity contribution in [3.63, 3.8) is 0 Å². The molecule has 234 valence electrons. The van der Waals surface area contributed by atoms with Gasteiger partial charge in [0.1, 0.15) is 5.52 Å². The van der Waals surface area contributed by atoms with Crippen LogP contribution in [0.3, 0.4) is 0 Å². The lowest BCUT2D eigenvalue weighted by molar-refractivity contribution is 0.620. The van der Waals surface area contributed by atoms with E-state index >= 15 is 0 Å². The molecule has 50 heavy (non-hydrogen) atoms. The highest BCUT2D eigenvalue weighted by Gasteiger charge is 2.20. The molecule has 3 aromatic heterocycles. The predicted molar refractivity (Wildman–Crippen MR) is 215 cm³/mol. The molecule has 0 fully saturated rings. The lowest BCUT2D eigenvalue weighted by Gasteiger charge is -2.27. The van der Waals surface area contributed by atoms with E-state index in [4.69, 9.17) is 9.40 Å². The van der Waals surface area contributed by atoms with Crippen molar-refractivity contribution in [2.24, 2.45) is 0 Å². The van der Waals surface area contributed by atoms with E-state index in [1.165, 1.54) is 51.1 Å². The third-order valence-electron chi connectivity index (χ3n) is 9.89. The lowest BCUT2D eigenvalue weighted by atomic mass is 9.99. The standard InChI is InChI=1S/C45H26N2OS2/c1-2-9-27(10-3-1)45-46-44-35-20-19-32-30(31(35)21-22-39(44)48-45)13-8-14-38(32)47(28-17-23-42-36(25-28)33-11-4-6-15-40(33)49-42)29-18-24-43-37(26-29)34-12-5-7-16-41(34)50-43/h1-26H. The smallest absolute Gasteiger partial charge is 0.227 e. The van der Waals surface area contributed by atoms with Crippen molar-refractivity contribution >= 4 is 113 Å². The fourth-order valence-corrected chi connectivity index (χ4v) is 9.75. The quantitative estimate of drug-likeness (QED) is 0.174. The van der Waals surface area contributed by atoms with Gasteiger partial charge in [0.2, 0.25) is 5.89 Å². The molecule has 0 atom stereocenters. The number of hydrogen-bond acceptors (Lipinski definition) is 5. The minimum atomic E-state index is 0.640. The molecule has 0 saturated carbocycles. The second kappa shape index (κ2) is 10.7. The topological polar surface area (TPSA) is 29.3 Å². The van der Waals surface area contributed by atoms with Crippen LogP contribution in [0.2, 0.25) is 0 Å². The van der Waals surface area contributed by atoms with E-state index in [2.05, 4.69) is 132 Å². The Kier molecular flexibility index (Phi) is 5.99. The van der Waals surface area contributed by atoms with Crippen LogP contribution in [-0.4, -0.2) is 4.98 Å². The van der Waals surface area contributed by atoms with Gasteiger partial charge < -0.3 is 9.32 Å². The van der Waals surface area contributed by atoms with E-state index in [0.717, 1.165) is 44.5 Å². The van der Waals surface area contributed by atoms with Crippen LogP contribution in [0.4, 0.5) is 17.1 Å². The molecule has 0 saturated heterocycles. The van der Waals surface area contributed by atoms with Crippen molar-refractivity contribution in [1.82, 2.24) is 4.98 Å². The van der Waals surface area contributed by atoms with Gasteiger partial charge in [0.15, 0.2) is 5.58 Å². The van der Waals surface area contributed by atoms with Crippen molar-refractivity contribution < 1.29 is 4.42 Å². The summed E-state index contributed by atoms with van der Waals surface area (Å²) < 4.78 is 11.5. The third-order valence-corrected chi connectivity index (χ3v) is 12.2. The van der Waals surface area contributed by atoms with Gasteiger partial charge in [-0.15, -0.1) is 22.7 Å². The molecule has 0 amide bonds. The summed E-state index contributed by atoms with van der Waals surface area (Å²) >= 11 is 3.70. The molecule has 0 spiro atoms. The van der Waals surface area contributed by atoms with Gasteiger partial charge in [-0.1, -0.05) is 78.9 Å². The molecule has 5 heteroatoms. The maximum absolute atomic E-state index is 6.25. The van der Waals surface area contributed by atoms with Crippen LogP contribution in [0.1, 0.15) is 0 Å². The Hall–Kier alpha value is -6.01. The van der Waals surface area contributed by atoms with Crippen molar-refractivity contribution in [2.45, 2.75) is 0 Å². The molecule has 0 aliphatic carbocycles. The van der Waals surface area contributed by atoms with Crippen molar-refractivity contribution in [2.75, 3.05) is 4.90 Å². The van der Waals surface area contributed by atoms with Crippen molar-refractivity contribution in [3.05, 3.63) is 158 Å². The highest BCUT2D eigenvalue weighted by Crippen LogP contribution is 2.46. The molecule has 0 aliphatic rings. The molecule has 11 aromatic rings. The van der Waals surface area contributed by atoms with E-state index in [1.807, 2.05) is 53.0 Å². The van der Waals surface area contributed by atoms with Gasteiger partial charge >= 0.3 is 0 Å². The molecular weight excluding hydrogens is 649 g/mol. The fourth-order valence-electron chi connectivity index (χ4n) is 7.58. The molecule has 11 rings (SSSR count). The van der Waals surface area contributed by atoms with Crippen molar-refractivity contribution in [3.8, 4) is 11.5 Å². The number of aromatic nitrogens is 1. The summed E-state index contributed by atoms with van der Waals surface area (Å²) in [5.41, 5.74) is 6.05. The first-order valence-corrected chi connectivity index (χ1v) is 18.3. The van der Waals surface area contributed by atoms with Gasteiger partial charge in [0, 0.05) is 68.1 Å². The Bertz CT molecular complexity index is 3000. The van der Waals surface area contributed by atoms with E-state index < -0.39 is 0 Å². The summed E-state index contributed by atoms with van der Waals surface area (Å²) in [7, 11) is 0. The van der Waals surface area contributed by atoms with Crippen LogP contribution >= 0.6 is 22.7 Å². The predicted octanol–water partition coefficient (Wildman–Crippen LogP) is 14.0. The Morgan fingerprint density at radius 3 is 1.68 bits per heavy atom. The second-order valence-electron chi connectivity index (χ2n) is 12.7. The molecular formula is C45H26N2OS2. The molecule has 0 radical (unpaired) electrons. The van der Waals surface area contributed by atoms with Gasteiger partial charge in [-0.3, -0.25) is 0 Å². The first-order valence-electron chi connectivity index (χ1n) is 16.7. The average molecular weight is 675 g/mol. The molecule has 0 aliphatic heterocycles. The lowest BCUT2D eigenvalue weighted by Crippen LogP contribution is -2.10. The summed E-state index contributed by atoms with van der Waals surface area (Å²) in [5.74, 6) is 0.640. The highest BCUT2D eigenvalue weighted by molar-refractivity contribution is 7.26. The van der Waals surface area contributed by atoms with Crippen molar-refractivity contribution in [1.29, 1.82) is 0 Å². The van der Waals surface area contributed by atoms with Crippen LogP contribution < -0.4 is 4.90 Å². The summed E-state index contributed by atoms with van der Waals surface area (Å²) in [6, 6.07) is 56.8. The number of anilines is 3. The number of benzene rings is 8. The number of thiophene rings is 2. The second-order valence-corrected chi connectivity index (χ2v) is 14.9. The fraction of sp³-hybridized carbons (Fsp3) is 0. The summed E-state index contributed by atoms with van der Waals surface area (Å²) in [5, 5.41) is 9.75. The SMILES string of the molecule is c1ccc(-c2nc3c(ccc4c5cccc(N(c6ccc7sc8ccccc8c7c6)c6ccc7sc8ccccc8c7c6)c5ccc43)o2)cc1. The zero-order valence-corrected chi connectivity index (χ0v) is 28.3. The van der Waals surface area contributed by atoms with Gasteiger partial charge in [0.25, 0.3) is 0 Å². The number of rotatable bonds is 4. The summed E-state index contributed by atoms with van der Waals surface area (Å²) in [4.78, 5) is 7.43. The summed E-state index contributed by atoms with van der Waals surface area (Å²) in [6.07, 6.45) is 0. The minimum Gasteiger partial charge on any atom is -0.436 e. The first-order chi connectivity index (χ1) is 24.8. The maximum atomic E-state index is 6.25. The Balaban J connectivity index is 1.16. The zero-order chi connectivity index (χ0) is 32.8. The van der Waals surface area contributed by atoms with Crippen LogP contribution in [0.15, 0.2) is 162 Å². The van der Waals surface area contributed by atoms with Crippen LogP contribution in [0.5, 0.6) is 0 Å². The van der Waals surface area contributed by atoms with Gasteiger partial charge in [-0.05, 0) is 89.6 Å². The van der Waals surface area contributed by atoms with Gasteiger partial charge in [0.05, 0.1) is 5.69 Å². The number of oxazole rings is 1. The average Bonchev–Trinajstić information content (AvgIpc) is 3.89. The summed E-state index contributed by atoms with van der Waals surface area (Å²) in [6.45, 7) is 0. The molecule has 3 heterocycles. The normalized spacial score (nSPS) is 12.0. The van der Waals surface area contributed by atoms with Crippen LogP contribution in [0.25, 0.3) is 84.4 Å². The van der Waals surface area contributed by atoms with E-state index in [9.17, 15) is 0 Å². The highest BCUT2D eigenvalue weighted by atomic mass is 32.1. The largest absolute Gasteiger partial charge is 0.436 e. The molecule has 0 unspecified atom stereocenters. The molecule has 0 bridgehead atoms. The maximum Gasteiger partial charge on any atom is 0.227 e. The number of fused-ring (bicyclic) bond motifs is 11. The molecule has 8 aromatic carbocycles. The third kappa shape index (κ3) is 4.18. The van der Waals surface area contributed by atoms with E-state index in [0.29, 0.717) is 5.89 Å². The van der Waals surface area contributed by atoms with Gasteiger partial charge in [-0.2, -0.15) is 0 Å². The Morgan fingerprint density at radius 2 is 0.980 bits per heavy atom. The Labute approximate surface area is 294 Å². The molecule has 0 N–H and O–H groups in total. The number of hydrogen-bond donors (Lipinski definition) is 0. The van der Waals surface area contributed by atoms with Gasteiger partial charge in [-0.25, -0.2) is 4.98 Å². The Morgan fingerprint density at radius 1 is 0.420 bits per heavy atom. The minimum absolute atomic E-state index is 0.640. The van der Waals surface area contributed by atoms with Crippen LogP contribution in [-0.2, 0) is 0 Å². The number of nitrogens with zero attached hydrogens (tertiary/aromatic N) is 2.